The Hall–Kier alpha value is -3.28. The number of carbonyl (C=O) groups is 1. The van der Waals surface area contributed by atoms with Gasteiger partial charge in [0.05, 0.1) is 10.4 Å². The standard InChI is InChI=1S/C34H32N2OS2/c1-5-25-13-17-27(18-14-25)33(28-19-15-26(6-2)16-20-28)30-9-7-8-10-31(30)34(39-33)36(35-32(38-34)24(4)37)29-21-11-23(3)12-22-29/h7-22H,5-6H2,1-4H3/t34-/m1/s1. The molecule has 39 heavy (non-hydrogen) atoms. The quantitative estimate of drug-likeness (QED) is 0.242. The van der Waals surface area contributed by atoms with Gasteiger partial charge in [-0.3, -0.25) is 4.79 Å². The number of aryl methyl sites for hydroxylation is 3. The third kappa shape index (κ3) is 4.14. The Bertz CT molecular complexity index is 1510. The zero-order valence-corrected chi connectivity index (χ0v) is 24.4. The van der Waals surface area contributed by atoms with E-state index in [1.54, 1.807) is 18.7 Å². The van der Waals surface area contributed by atoms with Gasteiger partial charge in [-0.1, -0.05) is 128 Å². The summed E-state index contributed by atoms with van der Waals surface area (Å²) in [5.41, 5.74) is 9.70. The van der Waals surface area contributed by atoms with Crippen LogP contribution in [0.4, 0.5) is 5.69 Å². The Morgan fingerprint density at radius 3 is 1.82 bits per heavy atom. The topological polar surface area (TPSA) is 32.7 Å². The highest BCUT2D eigenvalue weighted by Gasteiger charge is 2.61. The molecule has 0 saturated heterocycles. The number of hydrazone groups is 1. The normalized spacial score (nSPS) is 19.3. The van der Waals surface area contributed by atoms with Crippen molar-refractivity contribution in [2.75, 3.05) is 5.01 Å². The maximum atomic E-state index is 12.8. The van der Waals surface area contributed by atoms with Gasteiger partial charge in [-0.25, -0.2) is 5.01 Å². The molecule has 0 aliphatic carbocycles. The second-order valence-electron chi connectivity index (χ2n) is 10.2. The molecule has 0 amide bonds. The van der Waals surface area contributed by atoms with Crippen molar-refractivity contribution in [2.45, 2.75) is 49.5 Å². The van der Waals surface area contributed by atoms with E-state index in [-0.39, 0.29) is 5.78 Å². The molecule has 0 saturated carbocycles. The molecule has 0 radical (unpaired) electrons. The van der Waals surface area contributed by atoms with E-state index in [2.05, 4.69) is 123 Å². The number of carbonyl (C=O) groups excluding carboxylic acids is 1. The first-order valence-electron chi connectivity index (χ1n) is 13.6. The molecule has 5 heteroatoms. The third-order valence-corrected chi connectivity index (χ3v) is 11.2. The van der Waals surface area contributed by atoms with Gasteiger partial charge >= 0.3 is 0 Å². The summed E-state index contributed by atoms with van der Waals surface area (Å²) in [4.78, 5) is 12.8. The van der Waals surface area contributed by atoms with Gasteiger partial charge in [-0.15, -0.1) is 0 Å². The summed E-state index contributed by atoms with van der Waals surface area (Å²) >= 11 is 3.46. The minimum Gasteiger partial charge on any atom is -0.292 e. The number of ketones is 1. The minimum absolute atomic E-state index is 0.0100. The second-order valence-corrected chi connectivity index (χ2v) is 13.1. The Morgan fingerprint density at radius 2 is 1.31 bits per heavy atom. The van der Waals surface area contributed by atoms with Crippen molar-refractivity contribution in [3.63, 3.8) is 0 Å². The van der Waals surface area contributed by atoms with E-state index in [9.17, 15) is 4.79 Å². The number of nitrogens with zero attached hydrogens (tertiary/aromatic N) is 2. The number of thioether (sulfide) groups is 2. The van der Waals surface area contributed by atoms with Crippen LogP contribution in [0.5, 0.6) is 0 Å². The van der Waals surface area contributed by atoms with Crippen molar-refractivity contribution in [3.8, 4) is 0 Å². The maximum Gasteiger partial charge on any atom is 0.187 e. The van der Waals surface area contributed by atoms with E-state index in [0.717, 1.165) is 18.5 Å². The lowest BCUT2D eigenvalue weighted by atomic mass is 9.81. The molecule has 1 atom stereocenters. The largest absolute Gasteiger partial charge is 0.292 e. The van der Waals surface area contributed by atoms with Crippen molar-refractivity contribution in [3.05, 3.63) is 136 Å². The van der Waals surface area contributed by atoms with Crippen LogP contribution in [0.1, 0.15) is 59.7 Å². The van der Waals surface area contributed by atoms with Crippen LogP contribution >= 0.6 is 23.5 Å². The maximum absolute atomic E-state index is 12.8. The van der Waals surface area contributed by atoms with Gasteiger partial charge in [0.2, 0.25) is 0 Å². The molecule has 6 rings (SSSR count). The van der Waals surface area contributed by atoms with Crippen molar-refractivity contribution in [1.29, 1.82) is 0 Å². The highest BCUT2D eigenvalue weighted by Crippen LogP contribution is 2.70. The lowest BCUT2D eigenvalue weighted by molar-refractivity contribution is -0.110. The SMILES string of the molecule is CCc1ccc(C2(c3ccc(CC)cc3)S[C@]3(SC(C(C)=O)=NN3c3ccc(C)cc3)c3ccccc32)cc1. The van der Waals surface area contributed by atoms with Crippen LogP contribution in [0.25, 0.3) is 0 Å². The first kappa shape index (κ1) is 26.0. The summed E-state index contributed by atoms with van der Waals surface area (Å²) in [5.74, 6) is -0.0100. The van der Waals surface area contributed by atoms with Gasteiger partial charge in [-0.05, 0) is 59.7 Å². The number of anilines is 1. The molecule has 4 aromatic rings. The predicted molar refractivity (Wildman–Crippen MR) is 167 cm³/mol. The van der Waals surface area contributed by atoms with Crippen LogP contribution in [0, 0.1) is 6.92 Å². The molecule has 2 aliphatic rings. The highest BCUT2D eigenvalue weighted by molar-refractivity contribution is 8.27. The number of hydrogen-bond donors (Lipinski definition) is 0. The zero-order chi connectivity index (χ0) is 27.2. The number of Topliss-reactive ketones (excluding diaryl/α,β-unsaturated/α-hetero) is 1. The molecule has 2 aliphatic heterocycles. The molecular weight excluding hydrogens is 517 g/mol. The Morgan fingerprint density at radius 1 is 0.769 bits per heavy atom. The van der Waals surface area contributed by atoms with E-state index in [4.69, 9.17) is 5.10 Å². The molecule has 196 valence electrons. The van der Waals surface area contributed by atoms with Crippen LogP contribution < -0.4 is 5.01 Å². The van der Waals surface area contributed by atoms with Crippen LogP contribution in [0.3, 0.4) is 0 Å². The lowest BCUT2D eigenvalue weighted by Gasteiger charge is -2.37. The minimum atomic E-state index is -0.639. The number of hydrogen-bond acceptors (Lipinski definition) is 5. The van der Waals surface area contributed by atoms with Crippen molar-refractivity contribution < 1.29 is 4.79 Å². The van der Waals surface area contributed by atoms with Gasteiger partial charge < -0.3 is 0 Å². The Balaban J connectivity index is 1.63. The zero-order valence-electron chi connectivity index (χ0n) is 22.8. The van der Waals surface area contributed by atoms with Gasteiger partial charge in [0.25, 0.3) is 0 Å². The van der Waals surface area contributed by atoms with Crippen LogP contribution in [0.15, 0.2) is 102 Å². The summed E-state index contributed by atoms with van der Waals surface area (Å²) in [6.45, 7) is 8.09. The van der Waals surface area contributed by atoms with E-state index >= 15 is 0 Å². The predicted octanol–water partition coefficient (Wildman–Crippen LogP) is 8.42. The van der Waals surface area contributed by atoms with E-state index in [1.165, 1.54) is 38.9 Å². The fourth-order valence-corrected chi connectivity index (χ4v) is 9.13. The number of benzene rings is 4. The fraction of sp³-hybridized carbons (Fsp3) is 0.235. The molecule has 0 unspecified atom stereocenters. The van der Waals surface area contributed by atoms with Gasteiger partial charge in [0.15, 0.2) is 15.0 Å². The smallest absolute Gasteiger partial charge is 0.187 e. The van der Waals surface area contributed by atoms with Crippen molar-refractivity contribution in [2.24, 2.45) is 5.10 Å². The summed E-state index contributed by atoms with van der Waals surface area (Å²) in [7, 11) is 0. The summed E-state index contributed by atoms with van der Waals surface area (Å²) < 4.78 is -1.12. The molecule has 4 aromatic carbocycles. The van der Waals surface area contributed by atoms with E-state index in [1.807, 2.05) is 11.8 Å². The molecule has 2 heterocycles. The van der Waals surface area contributed by atoms with Crippen LogP contribution in [-0.4, -0.2) is 10.8 Å². The number of rotatable bonds is 6. The Kier molecular flexibility index (Phi) is 6.68. The second kappa shape index (κ2) is 10.0. The average Bonchev–Trinajstić information content (AvgIpc) is 3.51. The molecule has 0 fully saturated rings. The third-order valence-electron chi connectivity index (χ3n) is 7.76. The first-order chi connectivity index (χ1) is 18.9. The molecule has 0 N–H and O–H groups in total. The summed E-state index contributed by atoms with van der Waals surface area (Å²) in [6.07, 6.45) is 2.00. The summed E-state index contributed by atoms with van der Waals surface area (Å²) in [6, 6.07) is 35.3. The van der Waals surface area contributed by atoms with Crippen molar-refractivity contribution in [1.82, 2.24) is 0 Å². The lowest BCUT2D eigenvalue weighted by Crippen LogP contribution is -2.34. The highest BCUT2D eigenvalue weighted by atomic mass is 32.2. The fourth-order valence-electron chi connectivity index (χ4n) is 5.57. The molecule has 0 aromatic heterocycles. The van der Waals surface area contributed by atoms with Crippen LogP contribution in [-0.2, 0) is 26.6 Å². The summed E-state index contributed by atoms with van der Waals surface area (Å²) in [5, 5.41) is 7.59. The van der Waals surface area contributed by atoms with Gasteiger partial charge in [-0.2, -0.15) is 5.10 Å². The first-order valence-corrected chi connectivity index (χ1v) is 15.2. The average molecular weight is 549 g/mol. The van der Waals surface area contributed by atoms with E-state index < -0.39 is 8.95 Å². The molecule has 1 spiro atoms. The monoisotopic (exact) mass is 548 g/mol. The van der Waals surface area contributed by atoms with E-state index in [0.29, 0.717) is 5.04 Å². The van der Waals surface area contributed by atoms with Crippen LogP contribution in [0.2, 0.25) is 0 Å². The number of fused-ring (bicyclic) bond motifs is 2. The van der Waals surface area contributed by atoms with Gasteiger partial charge in [0.1, 0.15) is 0 Å². The van der Waals surface area contributed by atoms with Gasteiger partial charge in [0, 0.05) is 12.5 Å². The molecule has 3 nitrogen and oxygen atoms in total. The van der Waals surface area contributed by atoms with Crippen molar-refractivity contribution >= 4 is 40.0 Å². The molecule has 0 bridgehead atoms. The Labute approximate surface area is 239 Å². The molecular formula is C34H32N2OS2.